The Bertz CT molecular complexity index is 487. The van der Waals surface area contributed by atoms with Gasteiger partial charge in [-0.25, -0.2) is 0 Å². The first-order chi connectivity index (χ1) is 9.92. The van der Waals surface area contributed by atoms with Gasteiger partial charge >= 0.3 is 0 Å². The van der Waals surface area contributed by atoms with Crippen molar-refractivity contribution in [3.8, 4) is 5.75 Å². The second-order valence-corrected chi connectivity index (χ2v) is 5.16. The lowest BCUT2D eigenvalue weighted by molar-refractivity contribution is -0.385. The fourth-order valence-corrected chi connectivity index (χ4v) is 2.18. The molecule has 0 amide bonds. The Balaban J connectivity index is 3.18. The number of nitro benzene ring substituents is 1. The summed E-state index contributed by atoms with van der Waals surface area (Å²) in [5.74, 6) is 0.174. The van der Waals surface area contributed by atoms with Crippen molar-refractivity contribution in [3.63, 3.8) is 0 Å². The second kappa shape index (κ2) is 7.95. The largest absolute Gasteiger partial charge is 0.507 e. The number of hydrogen-bond acceptors (Lipinski definition) is 5. The third kappa shape index (κ3) is 4.68. The van der Waals surface area contributed by atoms with Crippen molar-refractivity contribution in [1.29, 1.82) is 0 Å². The Morgan fingerprint density at radius 2 is 1.62 bits per heavy atom. The molecule has 0 saturated carbocycles. The molecule has 0 heterocycles. The van der Waals surface area contributed by atoms with E-state index in [0.717, 1.165) is 19.6 Å². The number of non-ortho nitro benzene ring substituents is 1. The number of aromatic hydroxyl groups is 1. The molecule has 0 fully saturated rings. The van der Waals surface area contributed by atoms with Crippen LogP contribution >= 0.6 is 0 Å². The van der Waals surface area contributed by atoms with Gasteiger partial charge in [0.1, 0.15) is 5.75 Å². The van der Waals surface area contributed by atoms with E-state index in [9.17, 15) is 15.2 Å². The number of phenolic OH excluding ortho intramolecular Hbond substituents is 1. The molecular weight excluding hydrogens is 270 g/mol. The summed E-state index contributed by atoms with van der Waals surface area (Å²) in [7, 11) is 1.92. The van der Waals surface area contributed by atoms with Crippen molar-refractivity contribution in [2.24, 2.45) is 0 Å². The SMILES string of the molecule is CCN(C)Cc1cc([N+](=O)[O-])cc(CN(CC)CC)c1O. The molecule has 0 radical (unpaired) electrons. The van der Waals surface area contributed by atoms with Crippen molar-refractivity contribution >= 4 is 5.69 Å². The summed E-state index contributed by atoms with van der Waals surface area (Å²) in [6.45, 7) is 9.57. The maximum atomic E-state index is 11.1. The van der Waals surface area contributed by atoms with Crippen molar-refractivity contribution < 1.29 is 10.0 Å². The lowest BCUT2D eigenvalue weighted by Gasteiger charge is -2.21. The molecule has 0 aliphatic rings. The maximum absolute atomic E-state index is 11.1. The molecule has 21 heavy (non-hydrogen) atoms. The predicted octanol–water partition coefficient (Wildman–Crippen LogP) is 2.59. The normalized spacial score (nSPS) is 11.3. The maximum Gasteiger partial charge on any atom is 0.270 e. The monoisotopic (exact) mass is 295 g/mol. The summed E-state index contributed by atoms with van der Waals surface area (Å²) < 4.78 is 0. The molecule has 1 aromatic rings. The average Bonchev–Trinajstić information content (AvgIpc) is 2.47. The van der Waals surface area contributed by atoms with Crippen LogP contribution in [0.4, 0.5) is 5.69 Å². The van der Waals surface area contributed by atoms with Crippen molar-refractivity contribution in [3.05, 3.63) is 33.4 Å². The van der Waals surface area contributed by atoms with Gasteiger partial charge in [0, 0.05) is 36.3 Å². The van der Waals surface area contributed by atoms with Gasteiger partial charge in [-0.2, -0.15) is 0 Å². The first-order valence-electron chi connectivity index (χ1n) is 7.32. The van der Waals surface area contributed by atoms with Gasteiger partial charge in [0.25, 0.3) is 5.69 Å². The van der Waals surface area contributed by atoms with E-state index in [4.69, 9.17) is 0 Å². The fraction of sp³-hybridized carbons (Fsp3) is 0.600. The van der Waals surface area contributed by atoms with E-state index in [1.807, 2.05) is 32.7 Å². The molecule has 0 aromatic heterocycles. The summed E-state index contributed by atoms with van der Waals surface area (Å²) in [5.41, 5.74) is 1.26. The highest BCUT2D eigenvalue weighted by Gasteiger charge is 2.18. The van der Waals surface area contributed by atoms with Gasteiger partial charge < -0.3 is 10.0 Å². The summed E-state index contributed by atoms with van der Waals surface area (Å²) >= 11 is 0. The Labute approximate surface area is 126 Å². The van der Waals surface area contributed by atoms with Gasteiger partial charge in [0.15, 0.2) is 0 Å². The summed E-state index contributed by atoms with van der Waals surface area (Å²) in [4.78, 5) is 14.8. The topological polar surface area (TPSA) is 69.8 Å². The highest BCUT2D eigenvalue weighted by molar-refractivity contribution is 5.49. The van der Waals surface area contributed by atoms with Crippen molar-refractivity contribution in [2.45, 2.75) is 33.9 Å². The summed E-state index contributed by atoms with van der Waals surface area (Å²) in [6, 6.07) is 2.94. The van der Waals surface area contributed by atoms with E-state index in [0.29, 0.717) is 24.2 Å². The Hall–Kier alpha value is -1.66. The van der Waals surface area contributed by atoms with Gasteiger partial charge in [0.2, 0.25) is 0 Å². The smallest absolute Gasteiger partial charge is 0.270 e. The molecule has 6 nitrogen and oxygen atoms in total. The van der Waals surface area contributed by atoms with Crippen LogP contribution in [0.3, 0.4) is 0 Å². The number of nitrogens with zero attached hydrogens (tertiary/aromatic N) is 3. The summed E-state index contributed by atoms with van der Waals surface area (Å²) in [6.07, 6.45) is 0. The van der Waals surface area contributed by atoms with Crippen LogP contribution in [0.15, 0.2) is 12.1 Å². The first kappa shape index (κ1) is 17.4. The average molecular weight is 295 g/mol. The van der Waals surface area contributed by atoms with Crippen LogP contribution in [-0.2, 0) is 13.1 Å². The molecule has 0 atom stereocenters. The van der Waals surface area contributed by atoms with Crippen LogP contribution in [-0.4, -0.2) is 46.5 Å². The quantitative estimate of drug-likeness (QED) is 0.589. The number of benzene rings is 1. The van der Waals surface area contributed by atoms with Crippen molar-refractivity contribution in [2.75, 3.05) is 26.7 Å². The van der Waals surface area contributed by atoms with E-state index in [-0.39, 0.29) is 11.4 Å². The minimum Gasteiger partial charge on any atom is -0.507 e. The first-order valence-corrected chi connectivity index (χ1v) is 7.32. The zero-order chi connectivity index (χ0) is 16.0. The van der Waals surface area contributed by atoms with Gasteiger partial charge in [-0.15, -0.1) is 0 Å². The van der Waals surface area contributed by atoms with Gasteiger partial charge in [-0.1, -0.05) is 20.8 Å². The van der Waals surface area contributed by atoms with E-state index in [1.165, 1.54) is 12.1 Å². The molecule has 0 aliphatic carbocycles. The molecule has 0 bridgehead atoms. The Morgan fingerprint density at radius 1 is 1.10 bits per heavy atom. The molecule has 1 rings (SSSR count). The van der Waals surface area contributed by atoms with E-state index in [2.05, 4.69) is 4.90 Å². The molecular formula is C15H25N3O3. The van der Waals surface area contributed by atoms with Crippen LogP contribution in [0.25, 0.3) is 0 Å². The molecule has 0 unspecified atom stereocenters. The standard InChI is InChI=1S/C15H25N3O3/c1-5-16(4)10-12-8-14(18(20)21)9-13(15(12)19)11-17(6-2)7-3/h8-9,19H,5-7,10-11H2,1-4H3. The second-order valence-electron chi connectivity index (χ2n) is 5.16. The zero-order valence-electron chi connectivity index (χ0n) is 13.3. The molecule has 6 heteroatoms. The van der Waals surface area contributed by atoms with Crippen LogP contribution in [0.2, 0.25) is 0 Å². The molecule has 1 aromatic carbocycles. The van der Waals surface area contributed by atoms with Gasteiger partial charge in [-0.3, -0.25) is 15.0 Å². The third-order valence-corrected chi connectivity index (χ3v) is 3.73. The molecule has 118 valence electrons. The lowest BCUT2D eigenvalue weighted by Crippen LogP contribution is -2.23. The number of hydrogen-bond donors (Lipinski definition) is 1. The van der Waals surface area contributed by atoms with Crippen LogP contribution in [0, 0.1) is 10.1 Å². The Morgan fingerprint density at radius 3 is 2.05 bits per heavy atom. The van der Waals surface area contributed by atoms with Crippen LogP contribution < -0.4 is 0 Å². The third-order valence-electron chi connectivity index (χ3n) is 3.73. The molecule has 0 spiro atoms. The number of rotatable bonds is 8. The minimum absolute atomic E-state index is 0.0365. The Kier molecular flexibility index (Phi) is 6.58. The van der Waals surface area contributed by atoms with Crippen molar-refractivity contribution in [1.82, 2.24) is 9.80 Å². The van der Waals surface area contributed by atoms with Gasteiger partial charge in [0.05, 0.1) is 4.92 Å². The predicted molar refractivity (Wildman–Crippen MR) is 83.4 cm³/mol. The highest BCUT2D eigenvalue weighted by Crippen LogP contribution is 2.30. The number of phenols is 1. The fourth-order valence-electron chi connectivity index (χ4n) is 2.18. The number of nitro groups is 1. The molecule has 0 aliphatic heterocycles. The van der Waals surface area contributed by atoms with E-state index in [1.54, 1.807) is 0 Å². The van der Waals surface area contributed by atoms with Crippen LogP contribution in [0.1, 0.15) is 31.9 Å². The van der Waals surface area contributed by atoms with Crippen LogP contribution in [0.5, 0.6) is 5.75 Å². The van der Waals surface area contributed by atoms with E-state index >= 15 is 0 Å². The minimum atomic E-state index is -0.402. The molecule has 0 saturated heterocycles. The summed E-state index contributed by atoms with van der Waals surface area (Å²) in [5, 5.41) is 21.5. The van der Waals surface area contributed by atoms with Gasteiger partial charge in [-0.05, 0) is 26.7 Å². The zero-order valence-corrected chi connectivity index (χ0v) is 13.3. The lowest BCUT2D eigenvalue weighted by atomic mass is 10.1. The molecule has 1 N–H and O–H groups in total. The van der Waals surface area contributed by atoms with E-state index < -0.39 is 4.92 Å². The highest BCUT2D eigenvalue weighted by atomic mass is 16.6.